The van der Waals surface area contributed by atoms with Crippen LogP contribution >= 0.6 is 11.6 Å². The Hall–Kier alpha value is -1.29. The van der Waals surface area contributed by atoms with E-state index in [2.05, 4.69) is 20.8 Å². The molecule has 0 unspecified atom stereocenters. The molecule has 0 spiro atoms. The molecule has 1 aromatic rings. The Morgan fingerprint density at radius 1 is 1.39 bits per heavy atom. The quantitative estimate of drug-likeness (QED) is 0.475. The predicted molar refractivity (Wildman–Crippen MR) is 75.4 cm³/mol. The maximum Gasteiger partial charge on any atom is 0.292 e. The number of anilines is 1. The first-order valence-corrected chi connectivity index (χ1v) is 6.32. The molecular formula is C13H19ClN2O2. The topological polar surface area (TPSA) is 46.4 Å². The maximum atomic E-state index is 11.1. The molecule has 0 aromatic heterocycles. The van der Waals surface area contributed by atoms with Gasteiger partial charge in [-0.1, -0.05) is 26.8 Å². The molecule has 0 aliphatic rings. The van der Waals surface area contributed by atoms with Crippen LogP contribution in [0.4, 0.5) is 11.4 Å². The Balaban J connectivity index is 3.11. The second-order valence-electron chi connectivity index (χ2n) is 5.63. The lowest BCUT2D eigenvalue weighted by molar-refractivity contribution is -0.384. The summed E-state index contributed by atoms with van der Waals surface area (Å²) in [5.41, 5.74) is 1.58. The lowest BCUT2D eigenvalue weighted by atomic mass is 9.96. The molecule has 0 atom stereocenters. The molecule has 0 aliphatic heterocycles. The number of nitro groups is 1. The van der Waals surface area contributed by atoms with Gasteiger partial charge in [0.15, 0.2) is 0 Å². The first kappa shape index (κ1) is 14.8. The molecule has 0 aliphatic carbocycles. The van der Waals surface area contributed by atoms with Gasteiger partial charge in [-0.2, -0.15) is 0 Å². The Labute approximate surface area is 113 Å². The molecule has 0 N–H and O–H groups in total. The Morgan fingerprint density at radius 2 is 2.00 bits per heavy atom. The van der Waals surface area contributed by atoms with Crippen molar-refractivity contribution in [3.05, 3.63) is 33.9 Å². The minimum absolute atomic E-state index is 0.0772. The number of halogens is 1. The van der Waals surface area contributed by atoms with Crippen LogP contribution in [0, 0.1) is 15.5 Å². The van der Waals surface area contributed by atoms with Crippen molar-refractivity contribution < 1.29 is 4.92 Å². The van der Waals surface area contributed by atoms with Gasteiger partial charge in [-0.25, -0.2) is 0 Å². The number of nitrogens with zero attached hydrogens (tertiary/aromatic N) is 2. The van der Waals surface area contributed by atoms with Crippen LogP contribution < -0.4 is 4.90 Å². The Bertz CT molecular complexity index is 441. The summed E-state index contributed by atoms with van der Waals surface area (Å²) < 4.78 is 0. The van der Waals surface area contributed by atoms with E-state index in [1.165, 1.54) is 0 Å². The van der Waals surface area contributed by atoms with Gasteiger partial charge in [0.25, 0.3) is 5.69 Å². The largest absolute Gasteiger partial charge is 0.369 e. The number of benzene rings is 1. The van der Waals surface area contributed by atoms with E-state index in [1.54, 1.807) is 12.1 Å². The third-order valence-electron chi connectivity index (χ3n) is 2.51. The van der Waals surface area contributed by atoms with Crippen LogP contribution in [0.3, 0.4) is 0 Å². The third kappa shape index (κ3) is 3.88. The highest BCUT2D eigenvalue weighted by molar-refractivity contribution is 6.17. The fraction of sp³-hybridized carbons (Fsp3) is 0.538. The maximum absolute atomic E-state index is 11.1. The molecule has 0 radical (unpaired) electrons. The summed E-state index contributed by atoms with van der Waals surface area (Å²) in [7, 11) is 1.87. The van der Waals surface area contributed by atoms with E-state index >= 15 is 0 Å². The Kier molecular flexibility index (Phi) is 4.57. The van der Waals surface area contributed by atoms with Crippen molar-refractivity contribution in [2.45, 2.75) is 26.7 Å². The zero-order valence-corrected chi connectivity index (χ0v) is 12.0. The van der Waals surface area contributed by atoms with E-state index < -0.39 is 0 Å². The van der Waals surface area contributed by atoms with Gasteiger partial charge in [-0.15, -0.1) is 11.6 Å². The van der Waals surface area contributed by atoms with Crippen LogP contribution in [-0.4, -0.2) is 18.5 Å². The zero-order valence-electron chi connectivity index (χ0n) is 11.2. The number of hydrogen-bond donors (Lipinski definition) is 0. The van der Waals surface area contributed by atoms with E-state index in [1.807, 2.05) is 18.0 Å². The highest BCUT2D eigenvalue weighted by Crippen LogP contribution is 2.30. The molecule has 0 saturated heterocycles. The highest BCUT2D eigenvalue weighted by atomic mass is 35.5. The third-order valence-corrected chi connectivity index (χ3v) is 2.82. The van der Waals surface area contributed by atoms with Crippen LogP contribution in [0.2, 0.25) is 0 Å². The van der Waals surface area contributed by atoms with Crippen molar-refractivity contribution in [1.29, 1.82) is 0 Å². The van der Waals surface area contributed by atoms with Gasteiger partial charge in [0.05, 0.1) is 4.92 Å². The summed E-state index contributed by atoms with van der Waals surface area (Å²) >= 11 is 5.71. The van der Waals surface area contributed by atoms with Gasteiger partial charge in [-0.05, 0) is 17.0 Å². The van der Waals surface area contributed by atoms with Crippen LogP contribution in [0.1, 0.15) is 26.3 Å². The van der Waals surface area contributed by atoms with Crippen LogP contribution in [-0.2, 0) is 5.88 Å². The van der Waals surface area contributed by atoms with Crippen molar-refractivity contribution in [2.75, 3.05) is 18.5 Å². The molecule has 18 heavy (non-hydrogen) atoms. The molecule has 0 saturated carbocycles. The average molecular weight is 271 g/mol. The van der Waals surface area contributed by atoms with Crippen molar-refractivity contribution in [2.24, 2.45) is 5.41 Å². The number of hydrogen-bond acceptors (Lipinski definition) is 3. The first-order chi connectivity index (χ1) is 8.24. The fourth-order valence-corrected chi connectivity index (χ4v) is 2.08. The minimum atomic E-state index is -0.357. The van der Waals surface area contributed by atoms with Gasteiger partial charge < -0.3 is 4.90 Å². The van der Waals surface area contributed by atoms with Crippen LogP contribution in [0.25, 0.3) is 0 Å². The van der Waals surface area contributed by atoms with Gasteiger partial charge in [-0.3, -0.25) is 10.1 Å². The summed E-state index contributed by atoms with van der Waals surface area (Å²) in [4.78, 5) is 12.7. The molecule has 1 aromatic carbocycles. The summed E-state index contributed by atoms with van der Waals surface area (Å²) in [6, 6.07) is 5.14. The second kappa shape index (κ2) is 5.57. The number of nitro benzene ring substituents is 1. The minimum Gasteiger partial charge on any atom is -0.369 e. The number of rotatable bonds is 4. The van der Waals surface area contributed by atoms with E-state index in [0.29, 0.717) is 5.69 Å². The zero-order chi connectivity index (χ0) is 13.9. The summed E-state index contributed by atoms with van der Waals surface area (Å²) in [6.07, 6.45) is 0. The highest BCUT2D eigenvalue weighted by Gasteiger charge is 2.21. The molecule has 0 bridgehead atoms. The molecular weight excluding hydrogens is 252 g/mol. The van der Waals surface area contributed by atoms with Gasteiger partial charge in [0.2, 0.25) is 0 Å². The fourth-order valence-electron chi connectivity index (χ4n) is 1.92. The molecule has 4 nitrogen and oxygen atoms in total. The normalized spacial score (nSPS) is 11.4. The molecule has 0 heterocycles. The average Bonchev–Trinajstić information content (AvgIpc) is 2.25. The summed E-state index contributed by atoms with van der Waals surface area (Å²) in [5.74, 6) is 0.282. The monoisotopic (exact) mass is 270 g/mol. The lowest BCUT2D eigenvalue weighted by Gasteiger charge is -2.28. The van der Waals surface area contributed by atoms with E-state index in [4.69, 9.17) is 11.6 Å². The van der Waals surface area contributed by atoms with E-state index in [0.717, 1.165) is 12.1 Å². The van der Waals surface area contributed by atoms with E-state index in [-0.39, 0.29) is 21.9 Å². The Morgan fingerprint density at radius 3 is 2.44 bits per heavy atom. The predicted octanol–water partition coefficient (Wildman–Crippen LogP) is 3.82. The van der Waals surface area contributed by atoms with Crippen LogP contribution in [0.5, 0.6) is 0 Å². The summed E-state index contributed by atoms with van der Waals surface area (Å²) in [6.45, 7) is 7.04. The molecule has 0 fully saturated rings. The van der Waals surface area contributed by atoms with Crippen molar-refractivity contribution in [3.8, 4) is 0 Å². The van der Waals surface area contributed by atoms with Gasteiger partial charge in [0.1, 0.15) is 5.69 Å². The number of alkyl halides is 1. The SMILES string of the molecule is CN(CC(C)(C)C)c1ccc(CCl)cc1[N+](=O)[O-]. The van der Waals surface area contributed by atoms with Crippen molar-refractivity contribution in [1.82, 2.24) is 0 Å². The van der Waals surface area contributed by atoms with Crippen LogP contribution in [0.15, 0.2) is 18.2 Å². The standard InChI is InChI=1S/C13H19ClN2O2/c1-13(2,3)9-15(4)11-6-5-10(8-14)7-12(11)16(17)18/h5-7H,8-9H2,1-4H3. The molecule has 5 heteroatoms. The van der Waals surface area contributed by atoms with Crippen molar-refractivity contribution in [3.63, 3.8) is 0 Å². The van der Waals surface area contributed by atoms with Crippen molar-refractivity contribution >= 4 is 23.0 Å². The molecule has 1 rings (SSSR count). The first-order valence-electron chi connectivity index (χ1n) is 5.79. The van der Waals surface area contributed by atoms with Gasteiger partial charge in [0, 0.05) is 25.5 Å². The molecule has 0 amide bonds. The second-order valence-corrected chi connectivity index (χ2v) is 5.90. The van der Waals surface area contributed by atoms with E-state index in [9.17, 15) is 10.1 Å². The smallest absolute Gasteiger partial charge is 0.292 e. The van der Waals surface area contributed by atoms with Gasteiger partial charge >= 0.3 is 0 Å². The lowest BCUT2D eigenvalue weighted by Crippen LogP contribution is -2.29. The molecule has 100 valence electrons. The summed E-state index contributed by atoms with van der Waals surface area (Å²) in [5, 5.41) is 11.1.